The highest BCUT2D eigenvalue weighted by atomic mass is 79.9. The fraction of sp³-hybridized carbons (Fsp3) is 0.462. The Kier molecular flexibility index (Phi) is 5.28. The number of benzene rings is 1. The van der Waals surface area contributed by atoms with Gasteiger partial charge in [-0.1, -0.05) is 15.9 Å². The minimum atomic E-state index is -0.844. The molecule has 0 aliphatic carbocycles. The van der Waals surface area contributed by atoms with Crippen LogP contribution in [0.25, 0.3) is 0 Å². The van der Waals surface area contributed by atoms with Crippen molar-refractivity contribution in [1.82, 2.24) is 5.32 Å². The number of aliphatic carboxylic acids is 1. The van der Waals surface area contributed by atoms with Crippen molar-refractivity contribution in [3.05, 3.63) is 34.1 Å². The molecule has 0 aliphatic heterocycles. The first-order chi connectivity index (χ1) is 8.33. The van der Waals surface area contributed by atoms with Crippen molar-refractivity contribution in [3.8, 4) is 0 Å². The molecule has 0 unspecified atom stereocenters. The first kappa shape index (κ1) is 15.1. The average Bonchev–Trinajstić information content (AvgIpc) is 2.28. The van der Waals surface area contributed by atoms with Gasteiger partial charge in [0.15, 0.2) is 0 Å². The maximum Gasteiger partial charge on any atom is 0.310 e. The van der Waals surface area contributed by atoms with Gasteiger partial charge in [0, 0.05) is 11.0 Å². The van der Waals surface area contributed by atoms with E-state index in [2.05, 4.69) is 21.2 Å². The number of halogens is 2. The lowest BCUT2D eigenvalue weighted by Crippen LogP contribution is -2.36. The van der Waals surface area contributed by atoms with Crippen LogP contribution in [0.1, 0.15) is 19.4 Å². The van der Waals surface area contributed by atoms with Gasteiger partial charge in [0.25, 0.3) is 0 Å². The summed E-state index contributed by atoms with van der Waals surface area (Å²) in [5.41, 5.74) is -0.194. The first-order valence-electron chi connectivity index (χ1n) is 5.71. The molecule has 0 radical (unpaired) electrons. The van der Waals surface area contributed by atoms with Crippen molar-refractivity contribution in [2.24, 2.45) is 5.41 Å². The molecule has 0 atom stereocenters. The Hall–Kier alpha value is -0.940. The number of rotatable bonds is 6. The van der Waals surface area contributed by atoms with Gasteiger partial charge in [0.2, 0.25) is 0 Å². The van der Waals surface area contributed by atoms with Crippen molar-refractivity contribution in [1.29, 1.82) is 0 Å². The van der Waals surface area contributed by atoms with Gasteiger partial charge in [-0.15, -0.1) is 0 Å². The number of carboxylic acids is 1. The third kappa shape index (κ3) is 4.38. The van der Waals surface area contributed by atoms with Crippen molar-refractivity contribution in [2.45, 2.75) is 20.3 Å². The Morgan fingerprint density at radius 2 is 2.17 bits per heavy atom. The Morgan fingerprint density at radius 1 is 1.50 bits per heavy atom. The monoisotopic (exact) mass is 317 g/mol. The fourth-order valence-corrected chi connectivity index (χ4v) is 1.84. The normalized spacial score (nSPS) is 11.6. The van der Waals surface area contributed by atoms with E-state index in [4.69, 9.17) is 5.11 Å². The molecule has 0 spiro atoms. The van der Waals surface area contributed by atoms with E-state index in [1.54, 1.807) is 26.0 Å². The summed E-state index contributed by atoms with van der Waals surface area (Å²) in [6, 6.07) is 4.81. The zero-order valence-electron chi connectivity index (χ0n) is 10.5. The summed E-state index contributed by atoms with van der Waals surface area (Å²) in [7, 11) is 0. The van der Waals surface area contributed by atoms with E-state index in [1.165, 1.54) is 6.07 Å². The third-order valence-corrected chi connectivity index (χ3v) is 3.22. The highest BCUT2D eigenvalue weighted by molar-refractivity contribution is 9.10. The van der Waals surface area contributed by atoms with Crippen LogP contribution in [0, 0.1) is 11.2 Å². The zero-order chi connectivity index (χ0) is 13.8. The van der Waals surface area contributed by atoms with Gasteiger partial charge < -0.3 is 10.4 Å². The van der Waals surface area contributed by atoms with E-state index >= 15 is 0 Å². The van der Waals surface area contributed by atoms with Crippen molar-refractivity contribution >= 4 is 21.9 Å². The average molecular weight is 318 g/mol. The minimum absolute atomic E-state index is 0.238. The summed E-state index contributed by atoms with van der Waals surface area (Å²) in [5, 5.41) is 12.0. The second-order valence-corrected chi connectivity index (χ2v) is 5.77. The predicted octanol–water partition coefficient (Wildman–Crippen LogP) is 2.83. The third-order valence-electron chi connectivity index (χ3n) is 2.72. The smallest absolute Gasteiger partial charge is 0.310 e. The van der Waals surface area contributed by atoms with Gasteiger partial charge in [0.05, 0.1) is 5.41 Å². The maximum absolute atomic E-state index is 13.4. The summed E-state index contributed by atoms with van der Waals surface area (Å²) < 4.78 is 14.3. The second-order valence-electron chi connectivity index (χ2n) is 4.85. The Balaban J connectivity index is 2.43. The van der Waals surface area contributed by atoms with Gasteiger partial charge in [-0.2, -0.15) is 0 Å². The van der Waals surface area contributed by atoms with Crippen LogP contribution in [0.3, 0.4) is 0 Å². The van der Waals surface area contributed by atoms with Crippen molar-refractivity contribution in [3.63, 3.8) is 0 Å². The second kappa shape index (κ2) is 6.29. The molecular weight excluding hydrogens is 301 g/mol. The summed E-state index contributed by atoms with van der Waals surface area (Å²) >= 11 is 3.29. The van der Waals surface area contributed by atoms with Crippen LogP contribution in [0.2, 0.25) is 0 Å². The lowest BCUT2D eigenvalue weighted by molar-refractivity contribution is -0.146. The molecule has 0 saturated heterocycles. The van der Waals surface area contributed by atoms with Gasteiger partial charge >= 0.3 is 5.97 Å². The van der Waals surface area contributed by atoms with E-state index in [0.29, 0.717) is 25.1 Å². The lowest BCUT2D eigenvalue weighted by atomic mass is 9.94. The van der Waals surface area contributed by atoms with E-state index in [0.717, 1.165) is 4.47 Å². The van der Waals surface area contributed by atoms with Crippen LogP contribution in [0.5, 0.6) is 0 Å². The van der Waals surface area contributed by atoms with Crippen LogP contribution in [-0.4, -0.2) is 24.2 Å². The minimum Gasteiger partial charge on any atom is -0.481 e. The van der Waals surface area contributed by atoms with Crippen molar-refractivity contribution in [2.75, 3.05) is 13.1 Å². The molecule has 5 heteroatoms. The molecule has 1 rings (SSSR count). The SMILES string of the molecule is CC(C)(CNCCc1cc(Br)ccc1F)C(=O)O. The molecule has 100 valence electrons. The molecule has 0 aromatic heterocycles. The van der Waals surface area contributed by atoms with Crippen LogP contribution < -0.4 is 5.32 Å². The van der Waals surface area contributed by atoms with E-state index in [-0.39, 0.29) is 5.82 Å². The molecule has 1 aromatic carbocycles. The van der Waals surface area contributed by atoms with Crippen LogP contribution in [0.4, 0.5) is 4.39 Å². The van der Waals surface area contributed by atoms with E-state index < -0.39 is 11.4 Å². The highest BCUT2D eigenvalue weighted by Crippen LogP contribution is 2.16. The topological polar surface area (TPSA) is 49.3 Å². The summed E-state index contributed by atoms with van der Waals surface area (Å²) in [6.07, 6.45) is 0.529. The molecular formula is C13H17BrFNO2. The largest absolute Gasteiger partial charge is 0.481 e. The van der Waals surface area contributed by atoms with Crippen molar-refractivity contribution < 1.29 is 14.3 Å². The Bertz CT molecular complexity index is 435. The van der Waals surface area contributed by atoms with Gasteiger partial charge in [-0.25, -0.2) is 4.39 Å². The number of hydrogen-bond acceptors (Lipinski definition) is 2. The highest BCUT2D eigenvalue weighted by Gasteiger charge is 2.26. The molecule has 18 heavy (non-hydrogen) atoms. The zero-order valence-corrected chi connectivity index (χ0v) is 12.1. The molecule has 0 heterocycles. The number of carbonyl (C=O) groups is 1. The summed E-state index contributed by atoms with van der Waals surface area (Å²) in [4.78, 5) is 10.9. The van der Waals surface area contributed by atoms with Crippen LogP contribution >= 0.6 is 15.9 Å². The van der Waals surface area contributed by atoms with Crippen LogP contribution in [-0.2, 0) is 11.2 Å². The fourth-order valence-electron chi connectivity index (χ4n) is 1.43. The van der Waals surface area contributed by atoms with E-state index in [1.807, 2.05) is 0 Å². The number of nitrogens with one attached hydrogen (secondary N) is 1. The number of hydrogen-bond donors (Lipinski definition) is 2. The summed E-state index contributed by atoms with van der Waals surface area (Å²) in [5.74, 6) is -1.08. The van der Waals surface area contributed by atoms with Crippen LogP contribution in [0.15, 0.2) is 22.7 Å². The van der Waals surface area contributed by atoms with Gasteiger partial charge in [-0.3, -0.25) is 4.79 Å². The number of carboxylic acid groups (broad SMARTS) is 1. The maximum atomic E-state index is 13.4. The molecule has 1 aromatic rings. The quantitative estimate of drug-likeness (QED) is 0.793. The van der Waals surface area contributed by atoms with Gasteiger partial charge in [0.1, 0.15) is 5.82 Å². The first-order valence-corrected chi connectivity index (χ1v) is 6.50. The molecule has 0 saturated carbocycles. The Labute approximate surface area is 115 Å². The molecule has 2 N–H and O–H groups in total. The summed E-state index contributed by atoms with van der Waals surface area (Å²) in [6.45, 7) is 4.21. The predicted molar refractivity (Wildman–Crippen MR) is 72.1 cm³/mol. The lowest BCUT2D eigenvalue weighted by Gasteiger charge is -2.19. The molecule has 0 fully saturated rings. The molecule has 0 amide bonds. The Morgan fingerprint density at radius 3 is 2.78 bits per heavy atom. The molecule has 0 aliphatic rings. The standard InChI is InChI=1S/C13H17BrFNO2/c1-13(2,12(17)18)8-16-6-5-9-7-10(14)3-4-11(9)15/h3-4,7,16H,5-6,8H2,1-2H3,(H,17,18). The molecule has 3 nitrogen and oxygen atoms in total. The van der Waals surface area contributed by atoms with E-state index in [9.17, 15) is 9.18 Å². The molecule has 0 bridgehead atoms. The van der Waals surface area contributed by atoms with Gasteiger partial charge in [-0.05, 0) is 50.6 Å².